The van der Waals surface area contributed by atoms with E-state index in [1.807, 2.05) is 25.1 Å². The van der Waals surface area contributed by atoms with Crippen molar-refractivity contribution < 1.29 is 0 Å². The normalized spacial score (nSPS) is 12.1. The highest BCUT2D eigenvalue weighted by Crippen LogP contribution is 2.25. The molecule has 2 rings (SSSR count). The molecule has 0 radical (unpaired) electrons. The molecule has 0 atom stereocenters. The van der Waals surface area contributed by atoms with E-state index in [1.54, 1.807) is 0 Å². The van der Waals surface area contributed by atoms with Gasteiger partial charge >= 0.3 is 0 Å². The topological polar surface area (TPSA) is 23.8 Å². The lowest BCUT2D eigenvalue weighted by molar-refractivity contribution is 1.51. The molecule has 16 heavy (non-hydrogen) atoms. The molecule has 0 N–H and O–H groups in total. The Labute approximate surface area is 109 Å². The van der Waals surface area contributed by atoms with Gasteiger partial charge in [0, 0.05) is 3.58 Å². The zero-order valence-corrected chi connectivity index (χ0v) is 11.0. The third-order valence-corrected chi connectivity index (χ3v) is 3.03. The Morgan fingerprint density at radius 1 is 1.12 bits per heavy atom. The van der Waals surface area contributed by atoms with Crippen LogP contribution in [0.4, 0.5) is 0 Å². The second kappa shape index (κ2) is 4.67. The maximum atomic E-state index is 9.11. The molecule has 0 spiro atoms. The molecule has 0 saturated heterocycles. The number of allylic oxidation sites excluding steroid dienone is 2. The Kier molecular flexibility index (Phi) is 3.25. The predicted molar refractivity (Wildman–Crippen MR) is 76.2 cm³/mol. The smallest absolute Gasteiger partial charge is 0.101 e. The van der Waals surface area contributed by atoms with Gasteiger partial charge in [0.2, 0.25) is 0 Å². The standard InChI is InChI=1S/C14H10IN/c1-10(15)14(9-16)13-7-6-11-4-2-3-5-12(11)8-13/h2-8H,1H3/b14-10-. The van der Waals surface area contributed by atoms with Crippen molar-refractivity contribution in [2.45, 2.75) is 6.92 Å². The zero-order valence-electron chi connectivity index (χ0n) is 8.87. The molecule has 1 nitrogen and oxygen atoms in total. The third kappa shape index (κ3) is 2.10. The summed E-state index contributed by atoms with van der Waals surface area (Å²) in [5, 5.41) is 11.5. The van der Waals surface area contributed by atoms with Gasteiger partial charge in [-0.05, 0) is 51.9 Å². The van der Waals surface area contributed by atoms with Crippen molar-refractivity contribution in [2.24, 2.45) is 0 Å². The number of rotatable bonds is 1. The van der Waals surface area contributed by atoms with Crippen molar-refractivity contribution in [1.82, 2.24) is 0 Å². The van der Waals surface area contributed by atoms with Crippen LogP contribution in [0.15, 0.2) is 46.0 Å². The van der Waals surface area contributed by atoms with Crippen molar-refractivity contribution in [3.63, 3.8) is 0 Å². The second-order valence-electron chi connectivity index (χ2n) is 3.58. The van der Waals surface area contributed by atoms with E-state index in [9.17, 15) is 0 Å². The predicted octanol–water partition coefficient (Wildman–Crippen LogP) is 4.53. The molecule has 0 bridgehead atoms. The van der Waals surface area contributed by atoms with Crippen LogP contribution in [0.1, 0.15) is 12.5 Å². The van der Waals surface area contributed by atoms with E-state index in [0.717, 1.165) is 14.7 Å². The minimum Gasteiger partial charge on any atom is -0.192 e. The molecular weight excluding hydrogens is 309 g/mol. The molecule has 0 fully saturated rings. The number of nitriles is 1. The van der Waals surface area contributed by atoms with Gasteiger partial charge < -0.3 is 0 Å². The summed E-state index contributed by atoms with van der Waals surface area (Å²) in [6.45, 7) is 1.95. The van der Waals surface area contributed by atoms with Crippen LogP contribution in [0.3, 0.4) is 0 Å². The summed E-state index contributed by atoms with van der Waals surface area (Å²) in [5.41, 5.74) is 1.75. The average molecular weight is 319 g/mol. The zero-order chi connectivity index (χ0) is 11.5. The molecule has 0 saturated carbocycles. The van der Waals surface area contributed by atoms with Crippen molar-refractivity contribution in [3.8, 4) is 6.07 Å². The van der Waals surface area contributed by atoms with Crippen molar-refractivity contribution in [2.75, 3.05) is 0 Å². The summed E-state index contributed by atoms with van der Waals surface area (Å²) >= 11 is 2.19. The van der Waals surface area contributed by atoms with Crippen LogP contribution < -0.4 is 0 Å². The molecule has 0 unspecified atom stereocenters. The summed E-state index contributed by atoms with van der Waals surface area (Å²) in [6.07, 6.45) is 0. The van der Waals surface area contributed by atoms with E-state index in [1.165, 1.54) is 10.8 Å². The van der Waals surface area contributed by atoms with Gasteiger partial charge in [-0.15, -0.1) is 0 Å². The SMILES string of the molecule is C/C(I)=C(\C#N)c1ccc2ccccc2c1. The van der Waals surface area contributed by atoms with E-state index in [-0.39, 0.29) is 0 Å². The summed E-state index contributed by atoms with van der Waals surface area (Å²) in [6, 6.07) is 16.6. The minimum absolute atomic E-state index is 0.756. The minimum atomic E-state index is 0.756. The Balaban J connectivity index is 2.65. The molecular formula is C14H10IN. The van der Waals surface area contributed by atoms with Gasteiger partial charge in [-0.3, -0.25) is 0 Å². The molecule has 0 aliphatic heterocycles. The van der Waals surface area contributed by atoms with Crippen LogP contribution in [0, 0.1) is 11.3 Å². The molecule has 0 aliphatic rings. The van der Waals surface area contributed by atoms with Crippen molar-refractivity contribution in [1.29, 1.82) is 5.26 Å². The van der Waals surface area contributed by atoms with Crippen LogP contribution in [0.2, 0.25) is 0 Å². The van der Waals surface area contributed by atoms with Crippen molar-refractivity contribution >= 4 is 38.9 Å². The molecule has 0 heterocycles. The Bertz CT molecular complexity index is 601. The lowest BCUT2D eigenvalue weighted by atomic mass is 10.0. The largest absolute Gasteiger partial charge is 0.192 e. The lowest BCUT2D eigenvalue weighted by Crippen LogP contribution is -1.83. The Hall–Kier alpha value is -1.34. The van der Waals surface area contributed by atoms with Crippen LogP contribution in [0.25, 0.3) is 16.3 Å². The van der Waals surface area contributed by atoms with Gasteiger partial charge in [0.05, 0.1) is 5.57 Å². The van der Waals surface area contributed by atoms with E-state index in [2.05, 4.69) is 52.9 Å². The number of hydrogen-bond acceptors (Lipinski definition) is 1. The van der Waals surface area contributed by atoms with Gasteiger partial charge in [-0.25, -0.2) is 0 Å². The van der Waals surface area contributed by atoms with Crippen LogP contribution >= 0.6 is 22.6 Å². The summed E-state index contributed by atoms with van der Waals surface area (Å²) in [4.78, 5) is 0. The first-order valence-electron chi connectivity index (χ1n) is 4.98. The van der Waals surface area contributed by atoms with E-state index in [4.69, 9.17) is 5.26 Å². The fourth-order valence-corrected chi connectivity index (χ4v) is 2.12. The summed E-state index contributed by atoms with van der Waals surface area (Å²) in [7, 11) is 0. The summed E-state index contributed by atoms with van der Waals surface area (Å²) in [5.74, 6) is 0. The molecule has 0 aromatic heterocycles. The maximum absolute atomic E-state index is 9.11. The highest BCUT2D eigenvalue weighted by Gasteiger charge is 2.04. The Morgan fingerprint density at radius 3 is 2.44 bits per heavy atom. The molecule has 2 heteroatoms. The molecule has 0 amide bonds. The van der Waals surface area contributed by atoms with Gasteiger partial charge in [0.1, 0.15) is 6.07 Å². The van der Waals surface area contributed by atoms with Crippen molar-refractivity contribution in [3.05, 3.63) is 51.6 Å². The molecule has 78 valence electrons. The fraction of sp³-hybridized carbons (Fsp3) is 0.0714. The third-order valence-electron chi connectivity index (χ3n) is 2.49. The number of nitrogens with zero attached hydrogens (tertiary/aromatic N) is 1. The van der Waals surface area contributed by atoms with Gasteiger partial charge in [0.25, 0.3) is 0 Å². The van der Waals surface area contributed by atoms with Gasteiger partial charge in [0.15, 0.2) is 0 Å². The average Bonchev–Trinajstić information content (AvgIpc) is 2.29. The van der Waals surface area contributed by atoms with Crippen LogP contribution in [-0.4, -0.2) is 0 Å². The number of benzene rings is 2. The number of halogens is 1. The first-order chi connectivity index (χ1) is 7.72. The molecule has 2 aromatic carbocycles. The lowest BCUT2D eigenvalue weighted by Gasteiger charge is -2.03. The van der Waals surface area contributed by atoms with Crippen LogP contribution in [-0.2, 0) is 0 Å². The number of fused-ring (bicyclic) bond motifs is 1. The molecule has 0 aliphatic carbocycles. The first-order valence-corrected chi connectivity index (χ1v) is 6.06. The molecule has 2 aromatic rings. The van der Waals surface area contributed by atoms with Gasteiger partial charge in [-0.2, -0.15) is 5.26 Å². The number of hydrogen-bond donors (Lipinski definition) is 0. The highest BCUT2D eigenvalue weighted by molar-refractivity contribution is 14.1. The second-order valence-corrected chi connectivity index (χ2v) is 5.20. The van der Waals surface area contributed by atoms with E-state index < -0.39 is 0 Å². The summed E-state index contributed by atoms with van der Waals surface area (Å²) < 4.78 is 1.02. The monoisotopic (exact) mass is 319 g/mol. The fourth-order valence-electron chi connectivity index (χ4n) is 1.69. The highest BCUT2D eigenvalue weighted by atomic mass is 127. The van der Waals surface area contributed by atoms with Crippen LogP contribution in [0.5, 0.6) is 0 Å². The first kappa shape index (κ1) is 11.2. The van der Waals surface area contributed by atoms with E-state index in [0.29, 0.717) is 0 Å². The van der Waals surface area contributed by atoms with E-state index >= 15 is 0 Å². The quantitative estimate of drug-likeness (QED) is 0.560. The Morgan fingerprint density at radius 2 is 1.81 bits per heavy atom. The maximum Gasteiger partial charge on any atom is 0.101 e. The van der Waals surface area contributed by atoms with Gasteiger partial charge in [-0.1, -0.05) is 36.4 Å².